The van der Waals surface area contributed by atoms with Gasteiger partial charge in [-0.15, -0.1) is 0 Å². The molecule has 21 heavy (non-hydrogen) atoms. The van der Waals surface area contributed by atoms with Crippen molar-refractivity contribution in [3.63, 3.8) is 0 Å². The van der Waals surface area contributed by atoms with E-state index in [9.17, 15) is 18.0 Å². The molecule has 2 rings (SSSR count). The average Bonchev–Trinajstić information content (AvgIpc) is 2.38. The van der Waals surface area contributed by atoms with Crippen molar-refractivity contribution < 1.29 is 22.7 Å². The number of rotatable bonds is 3. The van der Waals surface area contributed by atoms with E-state index in [0.717, 1.165) is 5.57 Å². The van der Waals surface area contributed by atoms with Gasteiger partial charge >= 0.3 is 12.1 Å². The van der Waals surface area contributed by atoms with Crippen LogP contribution in [0.15, 0.2) is 42.5 Å². The molecule has 0 aromatic heterocycles. The molecule has 1 aliphatic rings. The van der Waals surface area contributed by atoms with Gasteiger partial charge < -0.3 is 10.1 Å². The van der Waals surface area contributed by atoms with E-state index in [0.29, 0.717) is 19.5 Å². The zero-order chi connectivity index (χ0) is 15.5. The second kappa shape index (κ2) is 6.30. The van der Waals surface area contributed by atoms with Crippen LogP contribution in [0.5, 0.6) is 0 Å². The fraction of sp³-hybridized carbons (Fsp3) is 0.400. The van der Waals surface area contributed by atoms with E-state index in [2.05, 4.69) is 11.9 Å². The monoisotopic (exact) mass is 299 g/mol. The maximum absolute atomic E-state index is 13.2. The lowest BCUT2D eigenvalue weighted by Gasteiger charge is -2.27. The van der Waals surface area contributed by atoms with Crippen LogP contribution < -0.4 is 5.32 Å². The molecule has 1 heterocycles. The number of ether oxygens (including phenoxy) is 1. The van der Waals surface area contributed by atoms with Gasteiger partial charge in [0.15, 0.2) is 5.92 Å². The average molecular weight is 299 g/mol. The number of benzene rings is 1. The van der Waals surface area contributed by atoms with Crippen molar-refractivity contribution >= 4 is 5.97 Å². The Morgan fingerprint density at radius 3 is 2.57 bits per heavy atom. The van der Waals surface area contributed by atoms with Crippen molar-refractivity contribution in [1.82, 2.24) is 5.32 Å². The Bertz CT molecular complexity index is 513. The van der Waals surface area contributed by atoms with Crippen LogP contribution in [0.1, 0.15) is 17.9 Å². The quantitative estimate of drug-likeness (QED) is 0.689. The Morgan fingerprint density at radius 2 is 2.00 bits per heavy atom. The number of piperidine rings is 1. The van der Waals surface area contributed by atoms with Crippen LogP contribution in [-0.4, -0.2) is 31.3 Å². The molecule has 0 unspecified atom stereocenters. The van der Waals surface area contributed by atoms with Gasteiger partial charge in [0.1, 0.15) is 6.10 Å². The number of carbonyl (C=O) groups is 1. The van der Waals surface area contributed by atoms with Crippen LogP contribution in [0.25, 0.3) is 0 Å². The smallest absolute Gasteiger partial charge is 0.406 e. The summed E-state index contributed by atoms with van der Waals surface area (Å²) >= 11 is 0. The number of carbonyl (C=O) groups excluding carboxylic acids is 1. The highest BCUT2D eigenvalue weighted by Crippen LogP contribution is 2.36. The largest absolute Gasteiger partial charge is 0.460 e. The van der Waals surface area contributed by atoms with Gasteiger partial charge in [-0.1, -0.05) is 42.5 Å². The van der Waals surface area contributed by atoms with Crippen LogP contribution >= 0.6 is 0 Å². The van der Waals surface area contributed by atoms with Crippen molar-refractivity contribution in [3.8, 4) is 0 Å². The van der Waals surface area contributed by atoms with E-state index in [1.165, 1.54) is 24.3 Å². The van der Waals surface area contributed by atoms with Crippen LogP contribution in [0.2, 0.25) is 0 Å². The third-order valence-electron chi connectivity index (χ3n) is 3.24. The molecule has 1 aromatic rings. The van der Waals surface area contributed by atoms with E-state index in [1.807, 2.05) is 0 Å². The van der Waals surface area contributed by atoms with Gasteiger partial charge in [0, 0.05) is 19.5 Å². The molecule has 0 bridgehead atoms. The van der Waals surface area contributed by atoms with Gasteiger partial charge in [-0.3, -0.25) is 4.79 Å². The maximum atomic E-state index is 13.2. The van der Waals surface area contributed by atoms with E-state index in [-0.39, 0.29) is 5.56 Å². The first-order chi connectivity index (χ1) is 9.88. The molecule has 0 radical (unpaired) electrons. The van der Waals surface area contributed by atoms with Gasteiger partial charge in [0.05, 0.1) is 0 Å². The molecule has 1 fully saturated rings. The predicted molar refractivity (Wildman–Crippen MR) is 71.7 cm³/mol. The molecule has 0 saturated carbocycles. The Labute approximate surface area is 120 Å². The lowest BCUT2D eigenvalue weighted by Crippen LogP contribution is -2.40. The van der Waals surface area contributed by atoms with Gasteiger partial charge in [0.2, 0.25) is 0 Å². The number of esters is 1. The Balaban J connectivity index is 2.14. The molecule has 0 amide bonds. The van der Waals surface area contributed by atoms with Gasteiger partial charge in [-0.05, 0) is 5.56 Å². The van der Waals surface area contributed by atoms with Crippen LogP contribution in [0.3, 0.4) is 0 Å². The molecule has 1 aliphatic heterocycles. The van der Waals surface area contributed by atoms with Crippen molar-refractivity contribution in [1.29, 1.82) is 0 Å². The lowest BCUT2D eigenvalue weighted by atomic mass is 9.98. The van der Waals surface area contributed by atoms with Crippen molar-refractivity contribution in [2.75, 3.05) is 13.1 Å². The van der Waals surface area contributed by atoms with E-state index in [4.69, 9.17) is 4.74 Å². The van der Waals surface area contributed by atoms with Gasteiger partial charge in [0.25, 0.3) is 0 Å². The third kappa shape index (κ3) is 4.07. The second-order valence-corrected chi connectivity index (χ2v) is 5.03. The zero-order valence-electron chi connectivity index (χ0n) is 11.3. The highest BCUT2D eigenvalue weighted by molar-refractivity contribution is 5.79. The lowest BCUT2D eigenvalue weighted by molar-refractivity contribution is -0.185. The summed E-state index contributed by atoms with van der Waals surface area (Å²) in [7, 11) is 0. The van der Waals surface area contributed by atoms with Crippen LogP contribution in [0.4, 0.5) is 13.2 Å². The summed E-state index contributed by atoms with van der Waals surface area (Å²) in [6.45, 7) is 4.68. The van der Waals surface area contributed by atoms with Gasteiger partial charge in [-0.25, -0.2) is 0 Å². The molecule has 114 valence electrons. The maximum Gasteiger partial charge on any atom is 0.406 e. The fourth-order valence-electron chi connectivity index (χ4n) is 2.30. The standard InChI is InChI=1S/C15H16F3NO2/c1-10-7-12(9-19-8-10)21-14(20)13(15(16,17)18)11-5-3-2-4-6-11/h2-6,12-13,19H,1,7-9H2/t12-,13+/m1/s1. The van der Waals surface area contributed by atoms with E-state index >= 15 is 0 Å². The Morgan fingerprint density at radius 1 is 1.33 bits per heavy atom. The summed E-state index contributed by atoms with van der Waals surface area (Å²) in [6, 6.07) is 7.07. The summed E-state index contributed by atoms with van der Waals surface area (Å²) in [5.74, 6) is -3.52. The molecule has 3 nitrogen and oxygen atoms in total. The molecule has 6 heteroatoms. The molecule has 1 aromatic carbocycles. The molecule has 1 N–H and O–H groups in total. The first-order valence-corrected chi connectivity index (χ1v) is 6.57. The highest BCUT2D eigenvalue weighted by Gasteiger charge is 2.47. The zero-order valence-corrected chi connectivity index (χ0v) is 11.3. The van der Waals surface area contributed by atoms with E-state index in [1.54, 1.807) is 6.07 Å². The number of hydrogen-bond donors (Lipinski definition) is 1. The number of nitrogens with one attached hydrogen (secondary N) is 1. The Hall–Kier alpha value is -1.82. The summed E-state index contributed by atoms with van der Waals surface area (Å²) in [5.41, 5.74) is 0.694. The van der Waals surface area contributed by atoms with Gasteiger partial charge in [-0.2, -0.15) is 13.2 Å². The first-order valence-electron chi connectivity index (χ1n) is 6.57. The van der Waals surface area contributed by atoms with E-state index < -0.39 is 24.2 Å². The third-order valence-corrected chi connectivity index (χ3v) is 3.24. The second-order valence-electron chi connectivity index (χ2n) is 5.03. The van der Waals surface area contributed by atoms with Crippen molar-refractivity contribution in [2.24, 2.45) is 0 Å². The highest BCUT2D eigenvalue weighted by atomic mass is 19.4. The van der Waals surface area contributed by atoms with Crippen LogP contribution in [-0.2, 0) is 9.53 Å². The molecule has 2 atom stereocenters. The molecular weight excluding hydrogens is 283 g/mol. The normalized spacial score (nSPS) is 20.9. The van der Waals surface area contributed by atoms with Crippen LogP contribution in [0, 0.1) is 0 Å². The number of alkyl halides is 3. The number of halogens is 3. The topological polar surface area (TPSA) is 38.3 Å². The van der Waals surface area contributed by atoms with Crippen molar-refractivity contribution in [2.45, 2.75) is 24.6 Å². The minimum absolute atomic E-state index is 0.113. The minimum atomic E-state index is -4.68. The number of hydrogen-bond acceptors (Lipinski definition) is 3. The van der Waals surface area contributed by atoms with Crippen molar-refractivity contribution in [3.05, 3.63) is 48.0 Å². The minimum Gasteiger partial charge on any atom is -0.460 e. The fourth-order valence-corrected chi connectivity index (χ4v) is 2.30. The molecule has 1 saturated heterocycles. The summed E-state index contributed by atoms with van der Waals surface area (Å²) < 4.78 is 44.5. The summed E-state index contributed by atoms with van der Waals surface area (Å²) in [4.78, 5) is 12.0. The molecule has 0 spiro atoms. The SMILES string of the molecule is C=C1CNC[C@H](OC(=O)[C@H](c2ccccc2)C(F)(F)F)C1. The molecular formula is C15H16F3NO2. The predicted octanol–water partition coefficient (Wildman–Crippen LogP) is 2.79. The first kappa shape index (κ1) is 15.6. The summed E-state index contributed by atoms with van der Waals surface area (Å²) in [6.07, 6.45) is -4.90. The molecule has 0 aliphatic carbocycles. The Kier molecular flexibility index (Phi) is 4.67. The summed E-state index contributed by atoms with van der Waals surface area (Å²) in [5, 5.41) is 2.95.